The Morgan fingerprint density at radius 2 is 0.787 bits per heavy atom. The molecule has 6 aliphatic heterocycles. The molecule has 0 spiro atoms. The zero-order valence-electron chi connectivity index (χ0n) is 27.6. The van der Waals surface area contributed by atoms with Crippen molar-refractivity contribution in [2.75, 3.05) is 13.1 Å². The Labute approximate surface area is 280 Å². The predicted molar refractivity (Wildman–Crippen MR) is 195 cm³/mol. The van der Waals surface area contributed by atoms with Crippen molar-refractivity contribution in [1.82, 2.24) is 0 Å². The molecule has 8 bridgehead atoms. The summed E-state index contributed by atoms with van der Waals surface area (Å²) in [4.78, 5) is 12.8. The molecule has 0 radical (unpaired) electrons. The Morgan fingerprint density at radius 3 is 1.23 bits per heavy atom. The molecule has 6 heterocycles. The molecule has 0 aliphatic carbocycles. The topological polar surface area (TPSA) is 33.6 Å². The second kappa shape index (κ2) is 15.5. The summed E-state index contributed by atoms with van der Waals surface area (Å²) in [6.07, 6.45) is 20.1. The number of aliphatic imine (C=N–C) groups is 2. The molecule has 0 aromatic heterocycles. The molecule has 2 N–H and O–H groups in total. The molecule has 4 aromatic carbocycles. The van der Waals surface area contributed by atoms with Gasteiger partial charge in [0.05, 0.1) is 22.6 Å². The van der Waals surface area contributed by atoms with Crippen molar-refractivity contribution in [2.45, 2.75) is 70.9 Å². The van der Waals surface area contributed by atoms with E-state index in [0.717, 1.165) is 56.9 Å². The average molecular weight is 621 g/mol. The van der Waals surface area contributed by atoms with Gasteiger partial charge in [0.15, 0.2) is 0 Å². The van der Waals surface area contributed by atoms with Gasteiger partial charge in [0.2, 0.25) is 0 Å². The maximum absolute atomic E-state index is 5.04. The summed E-state index contributed by atoms with van der Waals surface area (Å²) in [6.45, 7) is 3.68. The third-order valence-corrected chi connectivity index (χ3v) is 9.86. The first-order valence-electron chi connectivity index (χ1n) is 17.8. The molecule has 2 unspecified atom stereocenters. The van der Waals surface area contributed by atoms with E-state index in [1.54, 1.807) is 0 Å². The molecular weight excluding hydrogens is 573 g/mol. The largest absolute Gasteiger partial charge is 0.284 e. The Balaban J connectivity index is 1.08. The normalized spacial score (nSPS) is 20.6. The number of rotatable bonds is 0. The zero-order valence-corrected chi connectivity index (χ0v) is 27.6. The summed E-state index contributed by atoms with van der Waals surface area (Å²) in [5.41, 5.74) is 12.9. The lowest BCUT2D eigenvalue weighted by molar-refractivity contribution is -0.791. The highest BCUT2D eigenvalue weighted by Crippen LogP contribution is 2.20. The number of fused-ring (bicyclic) bond motifs is 3. The number of para-hydroxylation sites is 2. The molecule has 0 fully saturated rings. The van der Waals surface area contributed by atoms with Gasteiger partial charge in [-0.05, 0) is 42.5 Å². The summed E-state index contributed by atoms with van der Waals surface area (Å²) in [5.74, 6) is 0. The summed E-state index contributed by atoms with van der Waals surface area (Å²) >= 11 is 0. The minimum absolute atomic E-state index is 0.907. The molecule has 4 heteroatoms. The van der Waals surface area contributed by atoms with Crippen molar-refractivity contribution < 1.29 is 9.80 Å². The summed E-state index contributed by atoms with van der Waals surface area (Å²) in [5, 5.41) is 0. The van der Waals surface area contributed by atoms with Crippen molar-refractivity contribution in [3.8, 4) is 0 Å². The van der Waals surface area contributed by atoms with E-state index in [0.29, 0.717) is 0 Å². The van der Waals surface area contributed by atoms with Crippen molar-refractivity contribution >= 4 is 22.8 Å². The van der Waals surface area contributed by atoms with Gasteiger partial charge in [0.25, 0.3) is 0 Å². The van der Waals surface area contributed by atoms with Crippen LogP contribution in [0, 0.1) is 0 Å². The number of hydrogen-bond donors (Lipinski definition) is 2. The molecule has 4 nitrogen and oxygen atoms in total. The van der Waals surface area contributed by atoms with Crippen molar-refractivity contribution in [2.24, 2.45) is 9.98 Å². The number of hydrogen-bond acceptors (Lipinski definition) is 2. The van der Waals surface area contributed by atoms with Crippen LogP contribution < -0.4 is 9.80 Å². The SMILES string of the molecule is C1=C[NH+]2Cc3ccc(cc3)Cc3ccc(cc3)C[NH+]3C=CC(=NCCCCCCCCCCN=C1c1ccccc12)c1ccccc13. The van der Waals surface area contributed by atoms with Crippen LogP contribution in [0.3, 0.4) is 0 Å². The minimum Gasteiger partial charge on any atom is -0.284 e. The number of quaternary nitrogens is 2. The average Bonchev–Trinajstić information content (AvgIpc) is 3.11. The molecule has 238 valence electrons. The van der Waals surface area contributed by atoms with Gasteiger partial charge < -0.3 is 0 Å². The summed E-state index contributed by atoms with van der Waals surface area (Å²) in [7, 11) is 0. The molecular formula is C43H48N4+2. The number of nitrogens with zero attached hydrogens (tertiary/aromatic N) is 2. The van der Waals surface area contributed by atoms with Crippen LogP contribution >= 0.6 is 0 Å². The van der Waals surface area contributed by atoms with E-state index in [2.05, 4.69) is 122 Å². The van der Waals surface area contributed by atoms with Crippen LogP contribution in [-0.4, -0.2) is 24.5 Å². The second-order valence-corrected chi connectivity index (χ2v) is 13.3. The highest BCUT2D eigenvalue weighted by molar-refractivity contribution is 6.12. The van der Waals surface area contributed by atoms with Gasteiger partial charge in [0.1, 0.15) is 36.9 Å². The van der Waals surface area contributed by atoms with E-state index in [4.69, 9.17) is 9.98 Å². The van der Waals surface area contributed by atoms with E-state index in [-0.39, 0.29) is 0 Å². The predicted octanol–water partition coefficient (Wildman–Crippen LogP) is 7.48. The summed E-state index contributed by atoms with van der Waals surface area (Å²) < 4.78 is 0. The Hall–Kier alpha value is -4.38. The van der Waals surface area contributed by atoms with Crippen LogP contribution in [-0.2, 0) is 19.5 Å². The molecule has 0 saturated heterocycles. The van der Waals surface area contributed by atoms with Crippen molar-refractivity contribution in [1.29, 1.82) is 0 Å². The number of allylic oxidation sites excluding steroid dienone is 2. The maximum atomic E-state index is 5.04. The standard InChI is InChI=1S/C43H46N4/c1-2-4-6-12-28-45-41-26-30-47(43-16-10-8-14-39(41)43)33-37-23-19-35(20-24-37)31-34-17-21-36(22-18-34)32-46-29-25-40(44-27-11-5-3-1)38-13-7-9-15-42(38)46/h7-10,13-26,29-30H,1-6,11-12,27-28,31-33H2/p+2. The zero-order chi connectivity index (χ0) is 31.7. The molecule has 2 atom stereocenters. The second-order valence-electron chi connectivity index (χ2n) is 13.3. The fourth-order valence-electron chi connectivity index (χ4n) is 7.18. The van der Waals surface area contributed by atoms with E-state index in [1.807, 2.05) is 0 Å². The monoisotopic (exact) mass is 620 g/mol. The van der Waals surface area contributed by atoms with E-state index >= 15 is 0 Å². The smallest absolute Gasteiger partial charge is 0.145 e. The van der Waals surface area contributed by atoms with Crippen LogP contribution in [0.2, 0.25) is 0 Å². The molecule has 6 aliphatic rings. The lowest BCUT2D eigenvalue weighted by Gasteiger charge is -2.22. The first-order chi connectivity index (χ1) is 23.3. The van der Waals surface area contributed by atoms with Gasteiger partial charge >= 0.3 is 0 Å². The minimum atomic E-state index is 0.907. The van der Waals surface area contributed by atoms with Crippen LogP contribution in [0.5, 0.6) is 0 Å². The first-order valence-corrected chi connectivity index (χ1v) is 17.8. The van der Waals surface area contributed by atoms with Crippen molar-refractivity contribution in [3.63, 3.8) is 0 Å². The Bertz CT molecular complexity index is 1630. The third-order valence-electron chi connectivity index (χ3n) is 9.86. The highest BCUT2D eigenvalue weighted by atomic mass is 15.1. The fraction of sp³-hybridized carbons (Fsp3) is 0.302. The van der Waals surface area contributed by atoms with E-state index in [1.165, 1.54) is 93.1 Å². The Kier molecular flexibility index (Phi) is 10.3. The first kappa shape index (κ1) is 31.2. The lowest BCUT2D eigenvalue weighted by Crippen LogP contribution is -3.01. The molecule has 47 heavy (non-hydrogen) atoms. The van der Waals surface area contributed by atoms with Crippen LogP contribution in [0.1, 0.15) is 84.7 Å². The quantitative estimate of drug-likeness (QED) is 0.205. The molecule has 10 rings (SSSR count). The summed E-state index contributed by atoms with van der Waals surface area (Å²) in [6, 6.07) is 36.0. The van der Waals surface area contributed by atoms with Gasteiger partial charge in [-0.1, -0.05) is 111 Å². The molecule has 0 amide bonds. The van der Waals surface area contributed by atoms with E-state index < -0.39 is 0 Å². The lowest BCUT2D eigenvalue weighted by atomic mass is 10.0. The fourth-order valence-corrected chi connectivity index (χ4v) is 7.18. The Morgan fingerprint density at radius 1 is 0.404 bits per heavy atom. The third kappa shape index (κ3) is 7.96. The van der Waals surface area contributed by atoms with Crippen molar-refractivity contribution in [3.05, 3.63) is 155 Å². The van der Waals surface area contributed by atoms with Gasteiger partial charge in [-0.3, -0.25) is 19.8 Å². The van der Waals surface area contributed by atoms with Crippen LogP contribution in [0.4, 0.5) is 11.4 Å². The maximum Gasteiger partial charge on any atom is 0.145 e. The number of benzene rings is 4. The van der Waals surface area contributed by atoms with Crippen LogP contribution in [0.25, 0.3) is 0 Å². The van der Waals surface area contributed by atoms with Gasteiger partial charge in [0, 0.05) is 48.5 Å². The molecule has 0 saturated carbocycles. The van der Waals surface area contributed by atoms with Gasteiger partial charge in [-0.15, -0.1) is 0 Å². The van der Waals surface area contributed by atoms with Gasteiger partial charge in [-0.2, -0.15) is 0 Å². The van der Waals surface area contributed by atoms with Gasteiger partial charge in [-0.25, -0.2) is 0 Å². The molecule has 4 aromatic rings. The highest BCUT2D eigenvalue weighted by Gasteiger charge is 2.23. The van der Waals surface area contributed by atoms with E-state index in [9.17, 15) is 0 Å². The van der Waals surface area contributed by atoms with Crippen LogP contribution in [0.15, 0.2) is 132 Å². The number of nitrogens with one attached hydrogen (secondary N) is 2.